The van der Waals surface area contributed by atoms with Gasteiger partial charge in [-0.25, -0.2) is 4.79 Å². The molecule has 128 valence electrons. The number of carboxylic acid groups (broad SMARTS) is 1. The van der Waals surface area contributed by atoms with Gasteiger partial charge in [0.1, 0.15) is 0 Å². The summed E-state index contributed by atoms with van der Waals surface area (Å²) in [5, 5.41) is 20.4. The van der Waals surface area contributed by atoms with Crippen molar-refractivity contribution in [3.8, 4) is 11.3 Å². The molecule has 0 amide bonds. The van der Waals surface area contributed by atoms with Gasteiger partial charge in [0, 0.05) is 28.2 Å². The average Bonchev–Trinajstić information content (AvgIpc) is 3.18. The lowest BCUT2D eigenvalue weighted by Gasteiger charge is -2.14. The van der Waals surface area contributed by atoms with Crippen molar-refractivity contribution in [2.45, 2.75) is 4.90 Å². The molecule has 0 bridgehead atoms. The predicted octanol–water partition coefficient (Wildman–Crippen LogP) is 4.36. The highest BCUT2D eigenvalue weighted by Crippen LogP contribution is 2.34. The van der Waals surface area contributed by atoms with Crippen LogP contribution < -0.4 is 5.32 Å². The quantitative estimate of drug-likeness (QED) is 0.405. The molecule has 3 N–H and O–H groups in total. The van der Waals surface area contributed by atoms with E-state index in [4.69, 9.17) is 0 Å². The number of hydrogen-bond donors (Lipinski definition) is 4. The number of pyridine rings is 1. The minimum Gasteiger partial charge on any atom is -0.478 e. The van der Waals surface area contributed by atoms with Crippen molar-refractivity contribution >= 4 is 40.9 Å². The van der Waals surface area contributed by atoms with Crippen molar-refractivity contribution in [3.63, 3.8) is 0 Å². The first kappa shape index (κ1) is 16.2. The summed E-state index contributed by atoms with van der Waals surface area (Å²) in [6.45, 7) is 0. The molecule has 0 unspecified atom stereocenters. The third kappa shape index (κ3) is 2.89. The summed E-state index contributed by atoms with van der Waals surface area (Å²) in [4.78, 5) is 16.5. The van der Waals surface area contributed by atoms with Crippen LogP contribution in [-0.4, -0.2) is 26.3 Å². The molecule has 0 aliphatic heterocycles. The largest absolute Gasteiger partial charge is 0.478 e. The average molecular weight is 362 g/mol. The number of aromatic nitrogens is 3. The zero-order valence-corrected chi connectivity index (χ0v) is 14.4. The van der Waals surface area contributed by atoms with E-state index >= 15 is 0 Å². The Hall–Kier alpha value is -3.32. The standard InChI is InChI=1S/C19H14N4O2S/c24-19(25)12-3-1-2-4-16(12)22-18-13-9-11(14-7-8-21-23-14)5-6-15(13)20-10-17(18)26/h1-10,26H,(H,20,22)(H,21,23)(H,24,25). The molecular formula is C19H14N4O2S. The fourth-order valence-electron chi connectivity index (χ4n) is 2.81. The topological polar surface area (TPSA) is 90.9 Å². The summed E-state index contributed by atoms with van der Waals surface area (Å²) in [6.07, 6.45) is 3.34. The summed E-state index contributed by atoms with van der Waals surface area (Å²) in [5.41, 5.74) is 4.00. The number of nitrogens with zero attached hydrogens (tertiary/aromatic N) is 2. The van der Waals surface area contributed by atoms with E-state index in [1.54, 1.807) is 36.7 Å². The zero-order chi connectivity index (χ0) is 18.1. The Morgan fingerprint density at radius 1 is 1.15 bits per heavy atom. The Morgan fingerprint density at radius 3 is 2.77 bits per heavy atom. The summed E-state index contributed by atoms with van der Waals surface area (Å²) < 4.78 is 0. The molecule has 0 atom stereocenters. The number of aromatic amines is 1. The van der Waals surface area contributed by atoms with Crippen LogP contribution >= 0.6 is 12.6 Å². The van der Waals surface area contributed by atoms with Gasteiger partial charge < -0.3 is 10.4 Å². The number of H-pyrrole nitrogens is 1. The number of para-hydroxylation sites is 1. The van der Waals surface area contributed by atoms with E-state index in [2.05, 4.69) is 33.1 Å². The molecule has 7 heteroatoms. The number of rotatable bonds is 4. The van der Waals surface area contributed by atoms with E-state index in [-0.39, 0.29) is 5.56 Å². The second kappa shape index (κ2) is 6.53. The van der Waals surface area contributed by atoms with E-state index in [1.165, 1.54) is 0 Å². The predicted molar refractivity (Wildman–Crippen MR) is 103 cm³/mol. The number of aromatic carboxylic acids is 1. The van der Waals surface area contributed by atoms with Crippen molar-refractivity contribution < 1.29 is 9.90 Å². The molecule has 4 aromatic rings. The van der Waals surface area contributed by atoms with Crippen LogP contribution in [0.4, 0.5) is 11.4 Å². The molecule has 26 heavy (non-hydrogen) atoms. The first-order valence-electron chi connectivity index (χ1n) is 7.84. The lowest BCUT2D eigenvalue weighted by atomic mass is 10.1. The number of carboxylic acids is 1. The Kier molecular flexibility index (Phi) is 4.06. The Morgan fingerprint density at radius 2 is 2.00 bits per heavy atom. The normalized spacial score (nSPS) is 10.8. The monoisotopic (exact) mass is 362 g/mol. The number of fused-ring (bicyclic) bond motifs is 1. The minimum atomic E-state index is -0.995. The molecule has 0 radical (unpaired) electrons. The van der Waals surface area contributed by atoms with Gasteiger partial charge in [0.2, 0.25) is 0 Å². The van der Waals surface area contributed by atoms with E-state index < -0.39 is 5.97 Å². The highest BCUT2D eigenvalue weighted by Gasteiger charge is 2.13. The van der Waals surface area contributed by atoms with Crippen molar-refractivity contribution in [2.24, 2.45) is 0 Å². The van der Waals surface area contributed by atoms with Crippen LogP contribution in [-0.2, 0) is 0 Å². The van der Waals surface area contributed by atoms with Gasteiger partial charge in [-0.1, -0.05) is 18.2 Å². The fourth-order valence-corrected chi connectivity index (χ4v) is 3.05. The highest BCUT2D eigenvalue weighted by atomic mass is 32.1. The summed E-state index contributed by atoms with van der Waals surface area (Å²) in [7, 11) is 0. The van der Waals surface area contributed by atoms with Crippen molar-refractivity contribution in [2.75, 3.05) is 5.32 Å². The molecule has 4 rings (SSSR count). The third-order valence-corrected chi connectivity index (χ3v) is 4.42. The number of benzene rings is 2. The summed E-state index contributed by atoms with van der Waals surface area (Å²) in [5.74, 6) is -0.995. The van der Waals surface area contributed by atoms with E-state index in [9.17, 15) is 9.90 Å². The zero-order valence-electron chi connectivity index (χ0n) is 13.5. The van der Waals surface area contributed by atoms with Crippen LogP contribution in [0.15, 0.2) is 65.8 Å². The molecule has 0 aliphatic rings. The Labute approximate surface area is 154 Å². The maximum atomic E-state index is 11.5. The second-order valence-corrected chi connectivity index (χ2v) is 6.18. The van der Waals surface area contributed by atoms with Gasteiger partial charge in [-0.05, 0) is 30.3 Å². The number of hydrogen-bond acceptors (Lipinski definition) is 5. The number of carbonyl (C=O) groups is 1. The maximum absolute atomic E-state index is 11.5. The van der Waals surface area contributed by atoms with Crippen LogP contribution in [0, 0.1) is 0 Å². The van der Waals surface area contributed by atoms with Gasteiger partial charge in [-0.15, -0.1) is 12.6 Å². The lowest BCUT2D eigenvalue weighted by Crippen LogP contribution is -2.03. The molecule has 0 spiro atoms. The fraction of sp³-hybridized carbons (Fsp3) is 0. The molecule has 0 saturated heterocycles. The van der Waals surface area contributed by atoms with Crippen molar-refractivity contribution in [1.29, 1.82) is 0 Å². The maximum Gasteiger partial charge on any atom is 0.337 e. The van der Waals surface area contributed by atoms with Crippen LogP contribution in [0.1, 0.15) is 10.4 Å². The van der Waals surface area contributed by atoms with E-state index in [0.29, 0.717) is 16.3 Å². The molecular weight excluding hydrogens is 348 g/mol. The van der Waals surface area contributed by atoms with Crippen LogP contribution in [0.5, 0.6) is 0 Å². The van der Waals surface area contributed by atoms with Gasteiger partial charge in [0.15, 0.2) is 0 Å². The van der Waals surface area contributed by atoms with Gasteiger partial charge in [-0.3, -0.25) is 10.1 Å². The van der Waals surface area contributed by atoms with Crippen molar-refractivity contribution in [1.82, 2.24) is 15.2 Å². The Balaban J connectivity index is 1.88. The van der Waals surface area contributed by atoms with Gasteiger partial charge in [0.05, 0.1) is 28.1 Å². The molecule has 0 fully saturated rings. The summed E-state index contributed by atoms with van der Waals surface area (Å²) >= 11 is 4.51. The van der Waals surface area contributed by atoms with Crippen LogP contribution in [0.2, 0.25) is 0 Å². The molecule has 2 aromatic carbocycles. The van der Waals surface area contributed by atoms with E-state index in [0.717, 1.165) is 22.2 Å². The van der Waals surface area contributed by atoms with Crippen molar-refractivity contribution in [3.05, 3.63) is 66.5 Å². The SMILES string of the molecule is O=C(O)c1ccccc1Nc1c(S)cnc2ccc(-c3ccn[nH]3)cc12. The molecule has 2 heterocycles. The minimum absolute atomic E-state index is 0.190. The second-order valence-electron chi connectivity index (χ2n) is 5.70. The first-order valence-corrected chi connectivity index (χ1v) is 8.29. The summed E-state index contributed by atoms with van der Waals surface area (Å²) in [6, 6.07) is 14.5. The van der Waals surface area contributed by atoms with Gasteiger partial charge >= 0.3 is 5.97 Å². The van der Waals surface area contributed by atoms with Gasteiger partial charge in [0.25, 0.3) is 0 Å². The first-order chi connectivity index (χ1) is 12.6. The Bertz CT molecular complexity index is 1110. The molecule has 0 saturated carbocycles. The van der Waals surface area contributed by atoms with Crippen LogP contribution in [0.25, 0.3) is 22.2 Å². The highest BCUT2D eigenvalue weighted by molar-refractivity contribution is 7.80. The lowest BCUT2D eigenvalue weighted by molar-refractivity contribution is 0.0698. The smallest absolute Gasteiger partial charge is 0.337 e. The number of nitrogens with one attached hydrogen (secondary N) is 2. The number of anilines is 2. The molecule has 6 nitrogen and oxygen atoms in total. The van der Waals surface area contributed by atoms with E-state index in [1.807, 2.05) is 24.3 Å². The van der Waals surface area contributed by atoms with Gasteiger partial charge in [-0.2, -0.15) is 5.10 Å². The number of thiol groups is 1. The van der Waals surface area contributed by atoms with Crippen LogP contribution in [0.3, 0.4) is 0 Å². The molecule has 0 aliphatic carbocycles. The third-order valence-electron chi connectivity index (χ3n) is 4.08. The molecule has 2 aromatic heterocycles.